The van der Waals surface area contributed by atoms with E-state index in [1.165, 1.54) is 6.42 Å². The fourth-order valence-corrected chi connectivity index (χ4v) is 2.42. The number of hydrogen-bond donors (Lipinski definition) is 1. The zero-order valence-corrected chi connectivity index (χ0v) is 11.6. The number of rotatable bonds is 4. The molecular formula is C15H22O4. The molecule has 1 aliphatic rings. The highest BCUT2D eigenvalue weighted by atomic mass is 16.5. The zero-order valence-electron chi connectivity index (χ0n) is 11.6. The van der Waals surface area contributed by atoms with Gasteiger partial charge in [0, 0.05) is 18.2 Å². The van der Waals surface area contributed by atoms with Crippen molar-refractivity contribution < 1.29 is 19.3 Å². The molecule has 0 aromatic heterocycles. The van der Waals surface area contributed by atoms with E-state index in [4.69, 9.17) is 14.2 Å². The highest BCUT2D eigenvalue weighted by Crippen LogP contribution is 2.30. The first-order valence-electron chi connectivity index (χ1n) is 6.80. The van der Waals surface area contributed by atoms with Crippen LogP contribution in [0.4, 0.5) is 0 Å². The van der Waals surface area contributed by atoms with E-state index in [0.29, 0.717) is 17.2 Å². The molecule has 4 heteroatoms. The first kappa shape index (κ1) is 14.0. The molecule has 0 radical (unpaired) electrons. The van der Waals surface area contributed by atoms with E-state index in [9.17, 15) is 5.11 Å². The topological polar surface area (TPSA) is 47.9 Å². The van der Waals surface area contributed by atoms with Gasteiger partial charge in [0.25, 0.3) is 0 Å². The van der Waals surface area contributed by atoms with E-state index >= 15 is 0 Å². The largest absolute Gasteiger partial charge is 0.496 e. The van der Waals surface area contributed by atoms with Gasteiger partial charge in [-0.05, 0) is 19.3 Å². The van der Waals surface area contributed by atoms with Crippen LogP contribution in [0.25, 0.3) is 0 Å². The first-order valence-corrected chi connectivity index (χ1v) is 6.80. The van der Waals surface area contributed by atoms with Gasteiger partial charge in [-0.25, -0.2) is 0 Å². The minimum atomic E-state index is -0.389. The van der Waals surface area contributed by atoms with Gasteiger partial charge in [0.1, 0.15) is 23.4 Å². The summed E-state index contributed by atoms with van der Waals surface area (Å²) >= 11 is 0. The maximum atomic E-state index is 10.1. The Morgan fingerprint density at radius 1 is 0.895 bits per heavy atom. The number of aliphatic hydroxyl groups is 1. The summed E-state index contributed by atoms with van der Waals surface area (Å²) in [5.41, 5.74) is 0. The zero-order chi connectivity index (χ0) is 13.7. The Balaban J connectivity index is 2.12. The molecule has 0 bridgehead atoms. The number of benzene rings is 1. The fraction of sp³-hybridized carbons (Fsp3) is 0.600. The van der Waals surface area contributed by atoms with Crippen LogP contribution in [0.2, 0.25) is 0 Å². The molecule has 1 aromatic carbocycles. The number of hydrogen-bond acceptors (Lipinski definition) is 4. The molecule has 19 heavy (non-hydrogen) atoms. The monoisotopic (exact) mass is 266 g/mol. The van der Waals surface area contributed by atoms with Crippen molar-refractivity contribution in [1.82, 2.24) is 0 Å². The third-order valence-electron chi connectivity index (χ3n) is 3.53. The van der Waals surface area contributed by atoms with E-state index in [1.807, 2.05) is 12.1 Å². The second kappa shape index (κ2) is 6.66. The molecule has 2 rings (SSSR count). The molecule has 0 amide bonds. The SMILES string of the molecule is COc1cc(OC)cc(OC2CCCCCC2O)c1. The smallest absolute Gasteiger partial charge is 0.127 e. The lowest BCUT2D eigenvalue weighted by atomic mass is 10.1. The van der Waals surface area contributed by atoms with Gasteiger partial charge in [-0.15, -0.1) is 0 Å². The third-order valence-corrected chi connectivity index (χ3v) is 3.53. The predicted molar refractivity (Wildman–Crippen MR) is 73.1 cm³/mol. The summed E-state index contributed by atoms with van der Waals surface area (Å²) in [5.74, 6) is 2.07. The standard InChI is InChI=1S/C15H22O4/c1-17-11-8-12(18-2)10-13(9-11)19-15-7-5-3-4-6-14(15)16/h8-10,14-16H,3-7H2,1-2H3. The van der Waals surface area contributed by atoms with Crippen LogP contribution in [0.15, 0.2) is 18.2 Å². The normalized spacial score (nSPS) is 23.5. The summed E-state index contributed by atoms with van der Waals surface area (Å²) in [5, 5.41) is 10.1. The average Bonchev–Trinajstić information content (AvgIpc) is 2.63. The van der Waals surface area contributed by atoms with Crippen LogP contribution in [0.5, 0.6) is 17.2 Å². The number of ether oxygens (including phenoxy) is 3. The predicted octanol–water partition coefficient (Wildman–Crippen LogP) is 2.78. The molecule has 1 N–H and O–H groups in total. The van der Waals surface area contributed by atoms with Crippen molar-refractivity contribution in [1.29, 1.82) is 0 Å². The Kier molecular flexibility index (Phi) is 4.91. The van der Waals surface area contributed by atoms with E-state index in [1.54, 1.807) is 20.3 Å². The van der Waals surface area contributed by atoms with Crippen molar-refractivity contribution in [3.63, 3.8) is 0 Å². The average molecular weight is 266 g/mol. The Morgan fingerprint density at radius 2 is 1.47 bits per heavy atom. The molecule has 2 atom stereocenters. The van der Waals surface area contributed by atoms with Crippen molar-refractivity contribution in [3.05, 3.63) is 18.2 Å². The third kappa shape index (κ3) is 3.77. The fourth-order valence-electron chi connectivity index (χ4n) is 2.42. The van der Waals surface area contributed by atoms with Crippen molar-refractivity contribution in [2.75, 3.05) is 14.2 Å². The van der Waals surface area contributed by atoms with E-state index in [0.717, 1.165) is 25.7 Å². The minimum Gasteiger partial charge on any atom is -0.496 e. The maximum Gasteiger partial charge on any atom is 0.127 e. The molecule has 4 nitrogen and oxygen atoms in total. The molecule has 0 spiro atoms. The highest BCUT2D eigenvalue weighted by molar-refractivity contribution is 5.42. The van der Waals surface area contributed by atoms with Gasteiger partial charge in [0.15, 0.2) is 0 Å². The van der Waals surface area contributed by atoms with Crippen LogP contribution in [0.1, 0.15) is 32.1 Å². The summed E-state index contributed by atoms with van der Waals surface area (Å²) < 4.78 is 16.4. The number of aliphatic hydroxyl groups excluding tert-OH is 1. The van der Waals surface area contributed by atoms with Crippen LogP contribution in [-0.4, -0.2) is 31.5 Å². The minimum absolute atomic E-state index is 0.140. The van der Waals surface area contributed by atoms with Gasteiger partial charge >= 0.3 is 0 Å². The Labute approximate surface area is 114 Å². The molecule has 1 aliphatic carbocycles. The first-order chi connectivity index (χ1) is 9.22. The second-order valence-corrected chi connectivity index (χ2v) is 4.91. The van der Waals surface area contributed by atoms with Crippen molar-refractivity contribution in [2.24, 2.45) is 0 Å². The molecule has 1 aromatic rings. The van der Waals surface area contributed by atoms with Gasteiger partial charge in [0.2, 0.25) is 0 Å². The van der Waals surface area contributed by atoms with E-state index in [-0.39, 0.29) is 12.2 Å². The molecular weight excluding hydrogens is 244 g/mol. The quantitative estimate of drug-likeness (QED) is 0.851. The Morgan fingerprint density at radius 3 is 2.11 bits per heavy atom. The van der Waals surface area contributed by atoms with Crippen molar-refractivity contribution >= 4 is 0 Å². The van der Waals surface area contributed by atoms with Crippen LogP contribution < -0.4 is 14.2 Å². The lowest BCUT2D eigenvalue weighted by molar-refractivity contribution is 0.0317. The van der Waals surface area contributed by atoms with Crippen LogP contribution in [-0.2, 0) is 0 Å². The molecule has 0 aliphatic heterocycles. The van der Waals surface area contributed by atoms with Gasteiger partial charge in [-0.2, -0.15) is 0 Å². The van der Waals surface area contributed by atoms with Crippen LogP contribution in [0.3, 0.4) is 0 Å². The molecule has 2 unspecified atom stereocenters. The summed E-state index contributed by atoms with van der Waals surface area (Å²) in [4.78, 5) is 0. The van der Waals surface area contributed by atoms with E-state index in [2.05, 4.69) is 0 Å². The maximum absolute atomic E-state index is 10.1. The van der Waals surface area contributed by atoms with Gasteiger partial charge in [-0.1, -0.05) is 12.8 Å². The van der Waals surface area contributed by atoms with Crippen molar-refractivity contribution in [2.45, 2.75) is 44.3 Å². The summed E-state index contributed by atoms with van der Waals surface area (Å²) in [6.45, 7) is 0. The lowest BCUT2D eigenvalue weighted by Gasteiger charge is -2.22. The van der Waals surface area contributed by atoms with Gasteiger partial charge in [0.05, 0.1) is 20.3 Å². The highest BCUT2D eigenvalue weighted by Gasteiger charge is 2.23. The summed E-state index contributed by atoms with van der Waals surface area (Å²) in [6, 6.07) is 5.44. The van der Waals surface area contributed by atoms with Gasteiger partial charge < -0.3 is 19.3 Å². The molecule has 1 fully saturated rings. The van der Waals surface area contributed by atoms with Crippen molar-refractivity contribution in [3.8, 4) is 17.2 Å². The molecule has 106 valence electrons. The lowest BCUT2D eigenvalue weighted by Crippen LogP contribution is -2.30. The van der Waals surface area contributed by atoms with E-state index < -0.39 is 0 Å². The van der Waals surface area contributed by atoms with Gasteiger partial charge in [-0.3, -0.25) is 0 Å². The molecule has 1 saturated carbocycles. The summed E-state index contributed by atoms with van der Waals surface area (Å²) in [7, 11) is 3.22. The molecule has 0 heterocycles. The molecule has 0 saturated heterocycles. The summed E-state index contributed by atoms with van der Waals surface area (Å²) in [6.07, 6.45) is 4.51. The van der Waals surface area contributed by atoms with Crippen LogP contribution in [0, 0.1) is 0 Å². The second-order valence-electron chi connectivity index (χ2n) is 4.91. The number of methoxy groups -OCH3 is 2. The Hall–Kier alpha value is -1.42. The Bertz CT molecular complexity index is 383. The van der Waals surface area contributed by atoms with Crippen LogP contribution >= 0.6 is 0 Å².